The highest BCUT2D eigenvalue weighted by molar-refractivity contribution is 5.94. The largest absolute Gasteiger partial charge is 0.368 e. The minimum atomic E-state index is -0.188. The highest BCUT2D eigenvalue weighted by Gasteiger charge is 2.05. The number of nitriles is 1. The third-order valence-electron chi connectivity index (χ3n) is 3.60. The molecule has 1 amide bonds. The van der Waals surface area contributed by atoms with E-state index in [2.05, 4.69) is 25.7 Å². The fraction of sp³-hybridized carbons (Fsp3) is 0.167. The summed E-state index contributed by atoms with van der Waals surface area (Å²) in [6, 6.07) is 12.2. The Kier molecular flexibility index (Phi) is 5.19. The number of nitrogens with one attached hydrogen (secondary N) is 2. The van der Waals surface area contributed by atoms with E-state index < -0.39 is 0 Å². The van der Waals surface area contributed by atoms with Crippen LogP contribution in [-0.4, -0.2) is 38.7 Å². The lowest BCUT2D eigenvalue weighted by Crippen LogP contribution is -2.28. The molecule has 0 saturated heterocycles. The first kappa shape index (κ1) is 17.1. The second kappa shape index (κ2) is 7.90. The maximum Gasteiger partial charge on any atom is 0.251 e. The molecule has 0 aliphatic rings. The highest BCUT2D eigenvalue weighted by atomic mass is 16.1. The first-order chi connectivity index (χ1) is 12.7. The number of aromatic nitrogens is 4. The number of hydrogen-bond donors (Lipinski definition) is 2. The van der Waals surface area contributed by atoms with Crippen LogP contribution in [0.2, 0.25) is 0 Å². The van der Waals surface area contributed by atoms with Crippen molar-refractivity contribution in [1.29, 1.82) is 5.26 Å². The monoisotopic (exact) mass is 347 g/mol. The highest BCUT2D eigenvalue weighted by Crippen LogP contribution is 2.08. The van der Waals surface area contributed by atoms with Crippen molar-refractivity contribution < 1.29 is 4.79 Å². The van der Waals surface area contributed by atoms with E-state index in [-0.39, 0.29) is 5.91 Å². The molecule has 26 heavy (non-hydrogen) atoms. The topological polar surface area (TPSA) is 109 Å². The molecule has 8 heteroatoms. The minimum Gasteiger partial charge on any atom is -0.368 e. The molecule has 0 fully saturated rings. The van der Waals surface area contributed by atoms with Gasteiger partial charge < -0.3 is 10.6 Å². The summed E-state index contributed by atoms with van der Waals surface area (Å²) in [7, 11) is 0. The molecular weight excluding hydrogens is 330 g/mol. The third kappa shape index (κ3) is 4.21. The van der Waals surface area contributed by atoms with Gasteiger partial charge in [0.05, 0.1) is 17.3 Å². The first-order valence-corrected chi connectivity index (χ1v) is 8.02. The SMILES string of the molecule is Cc1ccn(-c2cc(NCCNC(=O)c3ccc(C#N)cc3)ncn2)n1. The van der Waals surface area contributed by atoms with Gasteiger partial charge in [-0.15, -0.1) is 0 Å². The number of anilines is 1. The van der Waals surface area contributed by atoms with E-state index in [0.29, 0.717) is 35.9 Å². The molecule has 0 spiro atoms. The third-order valence-corrected chi connectivity index (χ3v) is 3.60. The molecule has 3 rings (SSSR count). The zero-order valence-electron chi connectivity index (χ0n) is 14.2. The molecule has 0 radical (unpaired) electrons. The number of rotatable bonds is 6. The minimum absolute atomic E-state index is 0.188. The standard InChI is InChI=1S/C18H17N7O/c1-13-6-9-25(24-13)17-10-16(22-12-23-17)20-7-8-21-18(26)15-4-2-14(11-19)3-5-15/h2-6,9-10,12H,7-8H2,1H3,(H,21,26)(H,20,22,23). The van der Waals surface area contributed by atoms with Crippen molar-refractivity contribution in [3.63, 3.8) is 0 Å². The number of hydrogen-bond acceptors (Lipinski definition) is 6. The number of carbonyl (C=O) groups is 1. The Labute approximate surface area is 150 Å². The molecule has 0 bridgehead atoms. The second-order valence-corrected chi connectivity index (χ2v) is 5.53. The van der Waals surface area contributed by atoms with Crippen LogP contribution in [0.4, 0.5) is 5.82 Å². The molecule has 0 aliphatic carbocycles. The lowest BCUT2D eigenvalue weighted by atomic mass is 10.1. The van der Waals surface area contributed by atoms with Crippen molar-refractivity contribution >= 4 is 11.7 Å². The average Bonchev–Trinajstić information content (AvgIpc) is 3.12. The van der Waals surface area contributed by atoms with Crippen LogP contribution in [0.1, 0.15) is 21.6 Å². The molecule has 130 valence electrons. The van der Waals surface area contributed by atoms with Crippen LogP contribution in [0.25, 0.3) is 5.82 Å². The van der Waals surface area contributed by atoms with Gasteiger partial charge in [0.15, 0.2) is 5.82 Å². The lowest BCUT2D eigenvalue weighted by Gasteiger charge is -2.08. The van der Waals surface area contributed by atoms with Crippen LogP contribution in [-0.2, 0) is 0 Å². The van der Waals surface area contributed by atoms with Crippen LogP contribution in [0.15, 0.2) is 48.9 Å². The number of carbonyl (C=O) groups excluding carboxylic acids is 1. The van der Waals surface area contributed by atoms with Gasteiger partial charge in [0.25, 0.3) is 5.91 Å². The zero-order valence-corrected chi connectivity index (χ0v) is 14.2. The van der Waals surface area contributed by atoms with E-state index in [9.17, 15) is 4.79 Å². The first-order valence-electron chi connectivity index (χ1n) is 8.02. The molecule has 0 aliphatic heterocycles. The van der Waals surface area contributed by atoms with Gasteiger partial charge in [-0.05, 0) is 37.3 Å². The predicted molar refractivity (Wildman–Crippen MR) is 95.9 cm³/mol. The Hall–Kier alpha value is -3.73. The van der Waals surface area contributed by atoms with E-state index in [1.807, 2.05) is 25.3 Å². The lowest BCUT2D eigenvalue weighted by molar-refractivity contribution is 0.0955. The van der Waals surface area contributed by atoms with E-state index in [0.717, 1.165) is 5.69 Å². The van der Waals surface area contributed by atoms with Crippen LogP contribution in [0.5, 0.6) is 0 Å². The van der Waals surface area contributed by atoms with Gasteiger partial charge in [-0.3, -0.25) is 4.79 Å². The van der Waals surface area contributed by atoms with Crippen molar-refractivity contribution in [1.82, 2.24) is 25.1 Å². The predicted octanol–water partition coefficient (Wildman–Crippen LogP) is 1.68. The summed E-state index contributed by atoms with van der Waals surface area (Å²) >= 11 is 0. The number of aryl methyl sites for hydroxylation is 1. The van der Waals surface area contributed by atoms with Gasteiger partial charge in [0.1, 0.15) is 12.1 Å². The second-order valence-electron chi connectivity index (χ2n) is 5.53. The van der Waals surface area contributed by atoms with E-state index in [1.165, 1.54) is 6.33 Å². The fourth-order valence-corrected chi connectivity index (χ4v) is 2.28. The molecule has 1 aromatic carbocycles. The van der Waals surface area contributed by atoms with Gasteiger partial charge >= 0.3 is 0 Å². The van der Waals surface area contributed by atoms with E-state index >= 15 is 0 Å². The average molecular weight is 347 g/mol. The summed E-state index contributed by atoms with van der Waals surface area (Å²) < 4.78 is 1.68. The van der Waals surface area contributed by atoms with Crippen LogP contribution in [0, 0.1) is 18.3 Å². The van der Waals surface area contributed by atoms with Gasteiger partial charge in [0.2, 0.25) is 0 Å². The Morgan fingerprint density at radius 2 is 2.00 bits per heavy atom. The maximum atomic E-state index is 12.0. The Morgan fingerprint density at radius 1 is 1.19 bits per heavy atom. The molecule has 0 atom stereocenters. The quantitative estimate of drug-likeness (QED) is 0.657. The molecular formula is C18H17N7O. The molecule has 8 nitrogen and oxygen atoms in total. The molecule has 2 aromatic heterocycles. The van der Waals surface area contributed by atoms with E-state index in [1.54, 1.807) is 35.0 Å². The van der Waals surface area contributed by atoms with E-state index in [4.69, 9.17) is 5.26 Å². The normalized spacial score (nSPS) is 10.2. The number of nitrogens with zero attached hydrogens (tertiary/aromatic N) is 5. The Bertz CT molecular complexity index is 941. The summed E-state index contributed by atoms with van der Waals surface area (Å²) in [4.78, 5) is 20.4. The maximum absolute atomic E-state index is 12.0. The van der Waals surface area contributed by atoms with Crippen LogP contribution in [0.3, 0.4) is 0 Å². The van der Waals surface area contributed by atoms with Gasteiger partial charge in [-0.25, -0.2) is 14.6 Å². The smallest absolute Gasteiger partial charge is 0.251 e. The summed E-state index contributed by atoms with van der Waals surface area (Å²) in [5.74, 6) is 1.12. The van der Waals surface area contributed by atoms with Crippen molar-refractivity contribution in [3.05, 3.63) is 65.7 Å². The van der Waals surface area contributed by atoms with Crippen LogP contribution < -0.4 is 10.6 Å². The van der Waals surface area contributed by atoms with Gasteiger partial charge in [-0.1, -0.05) is 0 Å². The summed E-state index contributed by atoms with van der Waals surface area (Å²) in [6.45, 7) is 2.85. The summed E-state index contributed by atoms with van der Waals surface area (Å²) in [6.07, 6.45) is 3.29. The van der Waals surface area contributed by atoms with Crippen molar-refractivity contribution in [2.75, 3.05) is 18.4 Å². The van der Waals surface area contributed by atoms with Gasteiger partial charge in [0, 0.05) is 30.9 Å². The number of benzene rings is 1. The molecule has 2 heterocycles. The van der Waals surface area contributed by atoms with Crippen molar-refractivity contribution in [3.8, 4) is 11.9 Å². The van der Waals surface area contributed by atoms with Crippen LogP contribution >= 0.6 is 0 Å². The Balaban J connectivity index is 1.50. The van der Waals surface area contributed by atoms with Crippen molar-refractivity contribution in [2.45, 2.75) is 6.92 Å². The molecule has 2 N–H and O–H groups in total. The van der Waals surface area contributed by atoms with Crippen molar-refractivity contribution in [2.24, 2.45) is 0 Å². The molecule has 0 unspecified atom stereocenters. The Morgan fingerprint density at radius 3 is 2.69 bits per heavy atom. The fourth-order valence-electron chi connectivity index (χ4n) is 2.28. The van der Waals surface area contributed by atoms with Gasteiger partial charge in [-0.2, -0.15) is 10.4 Å². The number of amides is 1. The molecule has 3 aromatic rings. The molecule has 0 saturated carbocycles. The summed E-state index contributed by atoms with van der Waals surface area (Å²) in [5, 5.41) is 19.0. The zero-order chi connectivity index (χ0) is 18.4. The summed E-state index contributed by atoms with van der Waals surface area (Å²) in [5.41, 5.74) is 1.95.